The van der Waals surface area contributed by atoms with E-state index in [1.54, 1.807) is 11.8 Å². The van der Waals surface area contributed by atoms with Crippen LogP contribution in [-0.4, -0.2) is 17.7 Å². The molecule has 1 aliphatic heterocycles. The minimum absolute atomic E-state index is 0.214. The van der Waals surface area contributed by atoms with Gasteiger partial charge < -0.3 is 4.74 Å². The predicted octanol–water partition coefficient (Wildman–Crippen LogP) is 3.99. The van der Waals surface area contributed by atoms with Crippen LogP contribution in [-0.2, 0) is 10.5 Å². The molecule has 0 saturated heterocycles. The van der Waals surface area contributed by atoms with Gasteiger partial charge in [0, 0.05) is 27.5 Å². The molecule has 0 spiro atoms. The third kappa shape index (κ3) is 3.04. The molecule has 1 aliphatic rings. The summed E-state index contributed by atoms with van der Waals surface area (Å²) in [5, 5.41) is 3.22. The Balaban J connectivity index is 1.75. The Morgan fingerprint density at radius 3 is 3.19 bits per heavy atom. The van der Waals surface area contributed by atoms with E-state index in [1.165, 1.54) is 16.2 Å². The van der Waals surface area contributed by atoms with Gasteiger partial charge in [-0.15, -0.1) is 35.4 Å². The molecular formula is C15H12N2O2S2. The Morgan fingerprint density at radius 1 is 1.48 bits per heavy atom. The number of rotatable bonds is 3. The molecule has 0 fully saturated rings. The first-order valence-electron chi connectivity index (χ1n) is 6.37. The number of amides is 1. The highest BCUT2D eigenvalue weighted by Gasteiger charge is 2.21. The summed E-state index contributed by atoms with van der Waals surface area (Å²) < 4.78 is 4.96. The molecule has 2 aromatic rings. The number of fused-ring (bicyclic) bond motifs is 3. The Kier molecular flexibility index (Phi) is 4.13. The number of aromatic nitrogens is 1. The lowest BCUT2D eigenvalue weighted by Crippen LogP contribution is -2.13. The smallest absolute Gasteiger partial charge is 0.413 e. The molecule has 1 amide bonds. The SMILES string of the molecule is C#CCCOC(=O)Nc1nc2c(s1)CSc1ccccc1-2. The number of ether oxygens (including phenoxy) is 1. The summed E-state index contributed by atoms with van der Waals surface area (Å²) in [7, 11) is 0. The van der Waals surface area contributed by atoms with Crippen molar-refractivity contribution >= 4 is 34.3 Å². The van der Waals surface area contributed by atoms with E-state index in [-0.39, 0.29) is 6.61 Å². The standard InChI is InChI=1S/C15H12N2O2S2/c1-2-3-8-19-15(18)17-14-16-13-10-6-4-5-7-11(10)20-9-12(13)21-14/h1,4-7H,3,8-9H2,(H,16,17,18). The summed E-state index contributed by atoms with van der Waals surface area (Å²) in [6, 6.07) is 8.15. The van der Waals surface area contributed by atoms with Gasteiger partial charge in [-0.05, 0) is 6.07 Å². The van der Waals surface area contributed by atoms with Gasteiger partial charge in [0.15, 0.2) is 5.13 Å². The fraction of sp³-hybridized carbons (Fsp3) is 0.200. The van der Waals surface area contributed by atoms with Crippen LogP contribution < -0.4 is 5.32 Å². The molecule has 1 aromatic heterocycles. The molecule has 4 nitrogen and oxygen atoms in total. The van der Waals surface area contributed by atoms with Gasteiger partial charge in [-0.2, -0.15) is 0 Å². The van der Waals surface area contributed by atoms with Crippen molar-refractivity contribution in [1.82, 2.24) is 4.98 Å². The first-order chi connectivity index (χ1) is 10.3. The largest absolute Gasteiger partial charge is 0.448 e. The average Bonchev–Trinajstić information content (AvgIpc) is 2.90. The van der Waals surface area contributed by atoms with Crippen molar-refractivity contribution in [2.75, 3.05) is 11.9 Å². The number of thioether (sulfide) groups is 1. The van der Waals surface area contributed by atoms with E-state index in [4.69, 9.17) is 11.2 Å². The quantitative estimate of drug-likeness (QED) is 0.687. The topological polar surface area (TPSA) is 51.2 Å². The van der Waals surface area contributed by atoms with Gasteiger partial charge in [0.1, 0.15) is 6.61 Å². The second-order valence-electron chi connectivity index (χ2n) is 4.29. The van der Waals surface area contributed by atoms with Crippen molar-refractivity contribution in [3.05, 3.63) is 29.1 Å². The molecule has 0 bridgehead atoms. The second-order valence-corrected chi connectivity index (χ2v) is 6.39. The summed E-state index contributed by atoms with van der Waals surface area (Å²) in [4.78, 5) is 18.5. The number of thiazole rings is 1. The van der Waals surface area contributed by atoms with E-state index in [0.29, 0.717) is 11.6 Å². The summed E-state index contributed by atoms with van der Waals surface area (Å²) >= 11 is 3.27. The highest BCUT2D eigenvalue weighted by atomic mass is 32.2. The van der Waals surface area contributed by atoms with Crippen molar-refractivity contribution in [2.24, 2.45) is 0 Å². The lowest BCUT2D eigenvalue weighted by atomic mass is 10.1. The summed E-state index contributed by atoms with van der Waals surface area (Å²) in [6.45, 7) is 0.214. The molecule has 0 aliphatic carbocycles. The van der Waals surface area contributed by atoms with Gasteiger partial charge in [-0.3, -0.25) is 5.32 Å². The third-order valence-electron chi connectivity index (χ3n) is 2.89. The Bertz CT molecular complexity index is 719. The zero-order valence-corrected chi connectivity index (χ0v) is 12.7. The Morgan fingerprint density at radius 2 is 2.33 bits per heavy atom. The molecule has 3 rings (SSSR count). The molecule has 6 heteroatoms. The van der Waals surface area contributed by atoms with Gasteiger partial charge in [0.2, 0.25) is 0 Å². The molecule has 106 valence electrons. The number of anilines is 1. The highest BCUT2D eigenvalue weighted by molar-refractivity contribution is 7.98. The molecule has 0 unspecified atom stereocenters. The zero-order valence-electron chi connectivity index (χ0n) is 11.1. The van der Waals surface area contributed by atoms with Gasteiger partial charge in [-0.25, -0.2) is 9.78 Å². The molecule has 1 N–H and O–H groups in total. The maximum atomic E-state index is 11.6. The van der Waals surface area contributed by atoms with E-state index in [9.17, 15) is 4.79 Å². The number of nitrogens with zero attached hydrogens (tertiary/aromatic N) is 1. The lowest BCUT2D eigenvalue weighted by molar-refractivity contribution is 0.164. The van der Waals surface area contributed by atoms with Crippen LogP contribution in [0.3, 0.4) is 0 Å². The van der Waals surface area contributed by atoms with Crippen molar-refractivity contribution in [1.29, 1.82) is 0 Å². The average molecular weight is 316 g/mol. The van der Waals surface area contributed by atoms with Crippen LogP contribution in [0.5, 0.6) is 0 Å². The zero-order chi connectivity index (χ0) is 14.7. The van der Waals surface area contributed by atoms with Crippen LogP contribution in [0.4, 0.5) is 9.93 Å². The summed E-state index contributed by atoms with van der Waals surface area (Å²) in [5.74, 6) is 3.29. The predicted molar refractivity (Wildman–Crippen MR) is 85.5 cm³/mol. The van der Waals surface area contributed by atoms with Gasteiger partial charge in [-0.1, -0.05) is 18.2 Å². The number of carbonyl (C=O) groups is 1. The number of nitrogens with one attached hydrogen (secondary N) is 1. The maximum absolute atomic E-state index is 11.6. The molecule has 0 radical (unpaired) electrons. The fourth-order valence-corrected chi connectivity index (χ4v) is 4.06. The second kappa shape index (κ2) is 6.20. The van der Waals surface area contributed by atoms with Gasteiger partial charge in [0.05, 0.1) is 5.69 Å². The van der Waals surface area contributed by atoms with Crippen LogP contribution in [0.2, 0.25) is 0 Å². The van der Waals surface area contributed by atoms with E-state index in [2.05, 4.69) is 28.4 Å². The molecular weight excluding hydrogens is 304 g/mol. The van der Waals surface area contributed by atoms with E-state index < -0.39 is 6.09 Å². The number of terminal acetylenes is 1. The number of hydrogen-bond acceptors (Lipinski definition) is 5. The molecule has 21 heavy (non-hydrogen) atoms. The number of hydrogen-bond donors (Lipinski definition) is 1. The Labute approximate surface area is 130 Å². The van der Waals surface area contributed by atoms with Crippen LogP contribution in [0.25, 0.3) is 11.3 Å². The first kappa shape index (κ1) is 14.0. The van der Waals surface area contributed by atoms with Crippen LogP contribution in [0, 0.1) is 12.3 Å². The van der Waals surface area contributed by atoms with Crippen LogP contribution in [0.15, 0.2) is 29.2 Å². The molecule has 0 saturated carbocycles. The van der Waals surface area contributed by atoms with Gasteiger partial charge >= 0.3 is 6.09 Å². The first-order valence-corrected chi connectivity index (χ1v) is 8.17. The van der Waals surface area contributed by atoms with E-state index in [1.807, 2.05) is 12.1 Å². The lowest BCUT2D eigenvalue weighted by Gasteiger charge is -2.13. The minimum atomic E-state index is -0.516. The van der Waals surface area contributed by atoms with Crippen molar-refractivity contribution in [3.63, 3.8) is 0 Å². The van der Waals surface area contributed by atoms with Crippen molar-refractivity contribution in [2.45, 2.75) is 17.1 Å². The maximum Gasteiger partial charge on any atom is 0.413 e. The third-order valence-corrected chi connectivity index (χ3v) is 5.14. The van der Waals surface area contributed by atoms with Crippen LogP contribution >= 0.6 is 23.1 Å². The number of benzene rings is 1. The molecule has 2 heterocycles. The van der Waals surface area contributed by atoms with Gasteiger partial charge in [0.25, 0.3) is 0 Å². The van der Waals surface area contributed by atoms with E-state index >= 15 is 0 Å². The van der Waals surface area contributed by atoms with E-state index in [0.717, 1.165) is 21.9 Å². The summed E-state index contributed by atoms with van der Waals surface area (Å²) in [6.07, 6.45) is 5.00. The van der Waals surface area contributed by atoms with Crippen molar-refractivity contribution in [3.8, 4) is 23.6 Å². The minimum Gasteiger partial charge on any atom is -0.448 e. The Hall–Kier alpha value is -1.97. The number of carbonyl (C=O) groups excluding carboxylic acids is 1. The molecule has 0 atom stereocenters. The molecule has 1 aromatic carbocycles. The highest BCUT2D eigenvalue weighted by Crippen LogP contribution is 2.44. The summed E-state index contributed by atoms with van der Waals surface area (Å²) in [5.41, 5.74) is 2.07. The van der Waals surface area contributed by atoms with Crippen molar-refractivity contribution < 1.29 is 9.53 Å². The fourth-order valence-electron chi connectivity index (χ4n) is 1.97. The monoisotopic (exact) mass is 316 g/mol. The van der Waals surface area contributed by atoms with Crippen LogP contribution in [0.1, 0.15) is 11.3 Å². The normalized spacial score (nSPS) is 12.0.